The van der Waals surface area contributed by atoms with E-state index in [2.05, 4.69) is 20.5 Å². The van der Waals surface area contributed by atoms with Gasteiger partial charge in [-0.3, -0.25) is 4.79 Å². The molecule has 0 saturated carbocycles. The average Bonchev–Trinajstić information content (AvgIpc) is 3.40. The van der Waals surface area contributed by atoms with Crippen molar-refractivity contribution in [3.8, 4) is 0 Å². The quantitative estimate of drug-likeness (QED) is 0.247. The second kappa shape index (κ2) is 12.6. The Hall–Kier alpha value is -4.17. The number of aromatic nitrogens is 1. The van der Waals surface area contributed by atoms with Gasteiger partial charge in [0.25, 0.3) is 0 Å². The Morgan fingerprint density at radius 3 is 2.51 bits per heavy atom. The van der Waals surface area contributed by atoms with Gasteiger partial charge in [0.15, 0.2) is 0 Å². The number of nitrogens with one attached hydrogen (secondary N) is 3. The molecule has 1 fully saturated rings. The first-order valence-electron chi connectivity index (χ1n) is 14.2. The third-order valence-electron chi connectivity index (χ3n) is 7.99. The Kier molecular flexibility index (Phi) is 8.69. The minimum Gasteiger partial charge on any atom is -0.361 e. The van der Waals surface area contributed by atoms with Crippen LogP contribution in [-0.4, -0.2) is 59.9 Å². The number of H-pyrrole nitrogens is 1. The van der Waals surface area contributed by atoms with Crippen LogP contribution in [0.2, 0.25) is 0 Å². The fraction of sp³-hybridized carbons (Fsp3) is 0.333. The molecule has 0 radical (unpaired) electrons. The Labute approximate surface area is 240 Å². The lowest BCUT2D eigenvalue weighted by Gasteiger charge is -2.34. The van der Waals surface area contributed by atoms with Gasteiger partial charge in [0.05, 0.1) is 0 Å². The number of likely N-dealkylation sites (tertiary alicyclic amines) is 1. The SMILES string of the molecule is C[C@H](c1c[nH]c2ccccc12)[C@@H](NC(=O)N1CCC(c2ccccc2F)CC1)C(=O)Nc1cccc(CN(C)C)c1. The number of carbonyl (C=O) groups is 2. The maximum atomic E-state index is 14.3. The number of rotatable bonds is 8. The summed E-state index contributed by atoms with van der Waals surface area (Å²) in [6.45, 7) is 3.70. The second-order valence-corrected chi connectivity index (χ2v) is 11.2. The van der Waals surface area contributed by atoms with E-state index in [1.807, 2.05) is 87.9 Å². The van der Waals surface area contributed by atoms with Gasteiger partial charge in [-0.05, 0) is 73.8 Å². The summed E-state index contributed by atoms with van der Waals surface area (Å²) in [5, 5.41) is 7.12. The van der Waals surface area contributed by atoms with Gasteiger partial charge < -0.3 is 25.4 Å². The summed E-state index contributed by atoms with van der Waals surface area (Å²) >= 11 is 0. The zero-order valence-corrected chi connectivity index (χ0v) is 23.9. The molecule has 0 unspecified atom stereocenters. The highest BCUT2D eigenvalue weighted by Crippen LogP contribution is 2.31. The highest BCUT2D eigenvalue weighted by Gasteiger charge is 2.33. The minimum atomic E-state index is -0.816. The number of amides is 3. The summed E-state index contributed by atoms with van der Waals surface area (Å²) < 4.78 is 14.3. The summed E-state index contributed by atoms with van der Waals surface area (Å²) in [4.78, 5) is 34.4. The smallest absolute Gasteiger partial charge is 0.318 e. The molecule has 2 atom stereocenters. The van der Waals surface area contributed by atoms with Gasteiger partial charge in [-0.1, -0.05) is 55.5 Å². The first-order chi connectivity index (χ1) is 19.8. The molecule has 2 heterocycles. The molecule has 214 valence electrons. The number of para-hydroxylation sites is 1. The number of carbonyl (C=O) groups excluding carboxylic acids is 2. The molecule has 1 aromatic heterocycles. The molecular weight excluding hydrogens is 517 g/mol. The first kappa shape index (κ1) is 28.4. The van der Waals surface area contributed by atoms with Crippen LogP contribution in [0.25, 0.3) is 10.9 Å². The van der Waals surface area contributed by atoms with Crippen molar-refractivity contribution in [3.63, 3.8) is 0 Å². The Bertz CT molecular complexity index is 1510. The molecule has 1 aliphatic heterocycles. The Morgan fingerprint density at radius 2 is 1.76 bits per heavy atom. The highest BCUT2D eigenvalue weighted by molar-refractivity contribution is 5.98. The molecule has 41 heavy (non-hydrogen) atoms. The summed E-state index contributed by atoms with van der Waals surface area (Å²) in [6.07, 6.45) is 3.25. The summed E-state index contributed by atoms with van der Waals surface area (Å²) in [7, 11) is 4.00. The van der Waals surface area contributed by atoms with E-state index < -0.39 is 6.04 Å². The van der Waals surface area contributed by atoms with Crippen LogP contribution in [0.1, 0.15) is 48.3 Å². The Balaban J connectivity index is 1.34. The van der Waals surface area contributed by atoms with Crippen molar-refractivity contribution in [1.82, 2.24) is 20.1 Å². The zero-order chi connectivity index (χ0) is 28.9. The maximum Gasteiger partial charge on any atom is 0.318 e. The molecule has 3 amide bonds. The van der Waals surface area contributed by atoms with Gasteiger partial charge in [0, 0.05) is 48.3 Å². The summed E-state index contributed by atoms with van der Waals surface area (Å²) in [5.74, 6) is -0.719. The number of aromatic amines is 1. The number of hydrogen-bond donors (Lipinski definition) is 3. The van der Waals surface area contributed by atoms with Crippen LogP contribution in [0.5, 0.6) is 0 Å². The number of urea groups is 1. The van der Waals surface area contributed by atoms with E-state index in [0.717, 1.165) is 28.6 Å². The predicted octanol–water partition coefficient (Wildman–Crippen LogP) is 6.07. The van der Waals surface area contributed by atoms with Crippen LogP contribution < -0.4 is 10.6 Å². The van der Waals surface area contributed by atoms with E-state index in [1.165, 1.54) is 6.07 Å². The number of benzene rings is 3. The van der Waals surface area contributed by atoms with E-state index >= 15 is 0 Å². The second-order valence-electron chi connectivity index (χ2n) is 11.2. The van der Waals surface area contributed by atoms with Crippen molar-refractivity contribution >= 4 is 28.5 Å². The molecular formula is C33H38FN5O2. The fourth-order valence-corrected chi connectivity index (χ4v) is 5.82. The summed E-state index contributed by atoms with van der Waals surface area (Å²) in [6, 6.07) is 21.5. The first-order valence-corrected chi connectivity index (χ1v) is 14.2. The molecule has 0 bridgehead atoms. The number of halogens is 1. The molecule has 7 nitrogen and oxygen atoms in total. The van der Waals surface area contributed by atoms with Crippen molar-refractivity contribution in [2.24, 2.45) is 0 Å². The summed E-state index contributed by atoms with van der Waals surface area (Å²) in [5.41, 5.74) is 4.41. The largest absolute Gasteiger partial charge is 0.361 e. The van der Waals surface area contributed by atoms with Crippen molar-refractivity contribution in [3.05, 3.63) is 102 Å². The van der Waals surface area contributed by atoms with Gasteiger partial charge in [-0.25, -0.2) is 9.18 Å². The minimum absolute atomic E-state index is 0.0685. The number of anilines is 1. The molecule has 5 rings (SSSR count). The third kappa shape index (κ3) is 6.60. The lowest BCUT2D eigenvalue weighted by Crippen LogP contribution is -2.53. The van der Waals surface area contributed by atoms with Crippen molar-refractivity contribution in [1.29, 1.82) is 0 Å². The van der Waals surface area contributed by atoms with Crippen molar-refractivity contribution < 1.29 is 14.0 Å². The lowest BCUT2D eigenvalue weighted by molar-refractivity contribution is -0.118. The molecule has 3 N–H and O–H groups in total. The topological polar surface area (TPSA) is 80.5 Å². The number of nitrogens with zero attached hydrogens (tertiary/aromatic N) is 2. The van der Waals surface area contributed by atoms with E-state index in [0.29, 0.717) is 37.2 Å². The molecule has 3 aromatic carbocycles. The highest BCUT2D eigenvalue weighted by atomic mass is 19.1. The molecule has 1 saturated heterocycles. The standard InChI is InChI=1S/C33H38FN5O2/c1-22(28-20-35-30-14-7-5-12-27(28)30)31(32(40)36-25-10-8-9-23(19-25)21-38(2)3)37-33(41)39-17-15-24(16-18-39)26-11-4-6-13-29(26)34/h4-14,19-20,22,24,31,35H,15-18,21H2,1-3H3,(H,36,40)(H,37,41)/t22-,31-/m1/s1. The number of piperidine rings is 1. The van der Waals surface area contributed by atoms with Gasteiger partial charge in [-0.2, -0.15) is 0 Å². The third-order valence-corrected chi connectivity index (χ3v) is 7.99. The van der Waals surface area contributed by atoms with E-state index in [1.54, 1.807) is 11.0 Å². The van der Waals surface area contributed by atoms with Crippen molar-refractivity contribution in [2.75, 3.05) is 32.5 Å². The van der Waals surface area contributed by atoms with Crippen LogP contribution in [0.3, 0.4) is 0 Å². The van der Waals surface area contributed by atoms with Crippen LogP contribution in [0.15, 0.2) is 79.0 Å². The normalized spacial score (nSPS) is 15.6. The van der Waals surface area contributed by atoms with Crippen molar-refractivity contribution in [2.45, 2.75) is 44.2 Å². The van der Waals surface area contributed by atoms with E-state index in [4.69, 9.17) is 0 Å². The molecule has 0 aliphatic carbocycles. The zero-order valence-electron chi connectivity index (χ0n) is 23.9. The fourth-order valence-electron chi connectivity index (χ4n) is 5.82. The molecule has 1 aliphatic rings. The van der Waals surface area contributed by atoms with Gasteiger partial charge in [0.2, 0.25) is 5.91 Å². The van der Waals surface area contributed by atoms with Gasteiger partial charge in [0.1, 0.15) is 11.9 Å². The van der Waals surface area contributed by atoms with E-state index in [-0.39, 0.29) is 29.6 Å². The van der Waals surface area contributed by atoms with E-state index in [9.17, 15) is 14.0 Å². The van der Waals surface area contributed by atoms with Crippen LogP contribution >= 0.6 is 0 Å². The molecule has 4 aromatic rings. The van der Waals surface area contributed by atoms with Gasteiger partial charge >= 0.3 is 6.03 Å². The predicted molar refractivity (Wildman–Crippen MR) is 161 cm³/mol. The molecule has 8 heteroatoms. The monoisotopic (exact) mass is 555 g/mol. The lowest BCUT2D eigenvalue weighted by atomic mass is 9.89. The maximum absolute atomic E-state index is 14.3. The Morgan fingerprint density at radius 1 is 1.02 bits per heavy atom. The van der Waals surface area contributed by atoms with Crippen LogP contribution in [0, 0.1) is 5.82 Å². The molecule has 0 spiro atoms. The average molecular weight is 556 g/mol. The number of fused-ring (bicyclic) bond motifs is 1. The van der Waals surface area contributed by atoms with Crippen LogP contribution in [-0.2, 0) is 11.3 Å². The number of hydrogen-bond acceptors (Lipinski definition) is 3. The van der Waals surface area contributed by atoms with Crippen LogP contribution in [0.4, 0.5) is 14.9 Å². The van der Waals surface area contributed by atoms with Gasteiger partial charge in [-0.15, -0.1) is 0 Å².